The molecule has 1 saturated carbocycles. The van der Waals surface area contributed by atoms with Gasteiger partial charge in [0.2, 0.25) is 0 Å². The normalized spacial score (nSPS) is 15.3. The van der Waals surface area contributed by atoms with Gasteiger partial charge in [0, 0.05) is 17.2 Å². The molecule has 2 aromatic rings. The van der Waals surface area contributed by atoms with E-state index in [4.69, 9.17) is 5.73 Å². The van der Waals surface area contributed by atoms with Crippen LogP contribution in [0, 0.1) is 6.92 Å². The highest BCUT2D eigenvalue weighted by Gasteiger charge is 2.29. The Morgan fingerprint density at radius 1 is 1.25 bits per heavy atom. The van der Waals surface area contributed by atoms with Gasteiger partial charge in [-0.3, -0.25) is 5.10 Å². The molecule has 0 atom stereocenters. The molecule has 3 N–H and O–H groups in total. The van der Waals surface area contributed by atoms with E-state index in [9.17, 15) is 0 Å². The fourth-order valence-electron chi connectivity index (χ4n) is 2.06. The molecule has 3 nitrogen and oxygen atoms in total. The Kier molecular flexibility index (Phi) is 1.99. The summed E-state index contributed by atoms with van der Waals surface area (Å²) in [6.45, 7) is 2.09. The smallest absolute Gasteiger partial charge is 0.153 e. The molecule has 0 aliphatic heterocycles. The molecule has 1 aliphatic rings. The van der Waals surface area contributed by atoms with Crippen LogP contribution in [0.4, 0.5) is 5.82 Å². The second-order valence-corrected chi connectivity index (χ2v) is 4.54. The summed E-state index contributed by atoms with van der Waals surface area (Å²) in [5, 5.41) is 7.20. The summed E-state index contributed by atoms with van der Waals surface area (Å²) in [4.78, 5) is 0. The number of anilines is 1. The van der Waals surface area contributed by atoms with E-state index >= 15 is 0 Å². The van der Waals surface area contributed by atoms with Crippen molar-refractivity contribution in [2.75, 3.05) is 5.73 Å². The maximum atomic E-state index is 5.93. The molecule has 3 heteroatoms. The van der Waals surface area contributed by atoms with Crippen LogP contribution in [0.3, 0.4) is 0 Å². The third-order valence-electron chi connectivity index (χ3n) is 3.15. The fourth-order valence-corrected chi connectivity index (χ4v) is 2.06. The molecule has 0 unspecified atom stereocenters. The van der Waals surface area contributed by atoms with Crippen LogP contribution >= 0.6 is 0 Å². The lowest BCUT2D eigenvalue weighted by molar-refractivity contribution is 0.969. The summed E-state index contributed by atoms with van der Waals surface area (Å²) < 4.78 is 0. The van der Waals surface area contributed by atoms with E-state index < -0.39 is 0 Å². The van der Waals surface area contributed by atoms with Gasteiger partial charge < -0.3 is 5.73 Å². The highest BCUT2D eigenvalue weighted by atomic mass is 15.2. The van der Waals surface area contributed by atoms with Crippen molar-refractivity contribution < 1.29 is 0 Å². The highest BCUT2D eigenvalue weighted by molar-refractivity contribution is 5.77. The number of nitrogen functional groups attached to an aromatic ring is 1. The van der Waals surface area contributed by atoms with Crippen molar-refractivity contribution in [1.29, 1.82) is 0 Å². The average molecular weight is 213 g/mol. The number of benzene rings is 1. The third kappa shape index (κ3) is 1.48. The molecule has 82 valence electrons. The zero-order chi connectivity index (χ0) is 11.1. The van der Waals surface area contributed by atoms with E-state index in [1.807, 2.05) is 0 Å². The minimum atomic E-state index is 0.616. The van der Waals surface area contributed by atoms with Crippen LogP contribution in [-0.2, 0) is 0 Å². The van der Waals surface area contributed by atoms with E-state index in [0.29, 0.717) is 11.7 Å². The van der Waals surface area contributed by atoms with Gasteiger partial charge in [0.1, 0.15) is 0 Å². The number of H-pyrrole nitrogens is 1. The summed E-state index contributed by atoms with van der Waals surface area (Å²) in [7, 11) is 0. The number of aromatic nitrogens is 2. The molecular formula is C13H15N3. The number of nitrogens with two attached hydrogens (primary N) is 1. The second-order valence-electron chi connectivity index (χ2n) is 4.54. The molecule has 16 heavy (non-hydrogen) atoms. The fraction of sp³-hybridized carbons (Fsp3) is 0.308. The van der Waals surface area contributed by atoms with Crippen molar-refractivity contribution in [2.24, 2.45) is 0 Å². The van der Waals surface area contributed by atoms with Crippen LogP contribution in [0.25, 0.3) is 11.1 Å². The summed E-state index contributed by atoms with van der Waals surface area (Å²) in [5.41, 5.74) is 10.7. The number of nitrogens with zero attached hydrogens (tertiary/aromatic N) is 1. The highest BCUT2D eigenvalue weighted by Crippen LogP contribution is 2.44. The maximum Gasteiger partial charge on any atom is 0.153 e. The van der Waals surface area contributed by atoms with Crippen molar-refractivity contribution >= 4 is 5.82 Å². The molecule has 1 fully saturated rings. The maximum absolute atomic E-state index is 5.93. The van der Waals surface area contributed by atoms with Crippen molar-refractivity contribution in [3.63, 3.8) is 0 Å². The average Bonchev–Trinajstić information content (AvgIpc) is 3.05. The van der Waals surface area contributed by atoms with Crippen molar-refractivity contribution in [3.05, 3.63) is 35.5 Å². The van der Waals surface area contributed by atoms with E-state index in [0.717, 1.165) is 5.56 Å². The molecular weight excluding hydrogens is 198 g/mol. The molecule has 3 rings (SSSR count). The molecule has 1 aromatic heterocycles. The predicted molar refractivity (Wildman–Crippen MR) is 65.1 cm³/mol. The Morgan fingerprint density at radius 2 is 1.94 bits per heavy atom. The van der Waals surface area contributed by atoms with Gasteiger partial charge in [-0.25, -0.2) is 0 Å². The first kappa shape index (κ1) is 9.46. The first-order chi connectivity index (χ1) is 7.75. The first-order valence-corrected chi connectivity index (χ1v) is 5.66. The number of rotatable bonds is 2. The Bertz CT molecular complexity index is 506. The van der Waals surface area contributed by atoms with E-state index in [2.05, 4.69) is 41.4 Å². The number of aromatic amines is 1. The van der Waals surface area contributed by atoms with Gasteiger partial charge in [0.05, 0.1) is 0 Å². The van der Waals surface area contributed by atoms with Crippen LogP contribution in [-0.4, -0.2) is 10.2 Å². The topological polar surface area (TPSA) is 54.7 Å². The summed E-state index contributed by atoms with van der Waals surface area (Å²) >= 11 is 0. The van der Waals surface area contributed by atoms with Crippen LogP contribution < -0.4 is 5.73 Å². The van der Waals surface area contributed by atoms with Crippen molar-refractivity contribution in [2.45, 2.75) is 25.7 Å². The standard InChI is InChI=1S/C13H15N3/c1-8-2-4-9(5-3-8)11-12(10-6-7-10)15-16-13(11)14/h2-5,10H,6-7H2,1H3,(H3,14,15,16). The van der Waals surface area contributed by atoms with Crippen molar-refractivity contribution in [1.82, 2.24) is 10.2 Å². The summed E-state index contributed by atoms with van der Waals surface area (Å²) in [5.74, 6) is 1.26. The molecule has 0 spiro atoms. The Balaban J connectivity index is 2.10. The van der Waals surface area contributed by atoms with E-state index in [1.54, 1.807) is 0 Å². The van der Waals surface area contributed by atoms with Crippen molar-refractivity contribution in [3.8, 4) is 11.1 Å². The quantitative estimate of drug-likeness (QED) is 0.806. The molecule has 1 heterocycles. The number of hydrogen-bond donors (Lipinski definition) is 2. The lowest BCUT2D eigenvalue weighted by atomic mass is 10.0. The van der Waals surface area contributed by atoms with Gasteiger partial charge in [-0.1, -0.05) is 29.8 Å². The van der Waals surface area contributed by atoms with E-state index in [-0.39, 0.29) is 0 Å². The zero-order valence-electron chi connectivity index (χ0n) is 9.33. The molecule has 1 aromatic carbocycles. The molecule has 0 bridgehead atoms. The van der Waals surface area contributed by atoms with Crippen LogP contribution in [0.1, 0.15) is 30.0 Å². The largest absolute Gasteiger partial charge is 0.382 e. The minimum Gasteiger partial charge on any atom is -0.382 e. The second kappa shape index (κ2) is 3.37. The summed E-state index contributed by atoms with van der Waals surface area (Å²) in [6, 6.07) is 8.45. The zero-order valence-corrected chi connectivity index (χ0v) is 9.33. The first-order valence-electron chi connectivity index (χ1n) is 5.66. The van der Waals surface area contributed by atoms with Crippen LogP contribution in [0.2, 0.25) is 0 Å². The monoisotopic (exact) mass is 213 g/mol. The van der Waals surface area contributed by atoms with Crippen LogP contribution in [0.5, 0.6) is 0 Å². The van der Waals surface area contributed by atoms with Gasteiger partial charge in [-0.2, -0.15) is 5.10 Å². The van der Waals surface area contributed by atoms with Gasteiger partial charge in [0.25, 0.3) is 0 Å². The third-order valence-corrected chi connectivity index (χ3v) is 3.15. The SMILES string of the molecule is Cc1ccc(-c2c(N)n[nH]c2C2CC2)cc1. The van der Waals surface area contributed by atoms with Crippen LogP contribution in [0.15, 0.2) is 24.3 Å². The Morgan fingerprint density at radius 3 is 2.56 bits per heavy atom. The van der Waals surface area contributed by atoms with Gasteiger partial charge >= 0.3 is 0 Å². The number of nitrogens with one attached hydrogen (secondary N) is 1. The molecule has 1 aliphatic carbocycles. The predicted octanol–water partition coefficient (Wildman–Crippen LogP) is 2.84. The number of aryl methyl sites for hydroxylation is 1. The minimum absolute atomic E-state index is 0.616. The lowest BCUT2D eigenvalue weighted by Gasteiger charge is -2.03. The van der Waals surface area contributed by atoms with Gasteiger partial charge in [0.15, 0.2) is 5.82 Å². The number of hydrogen-bond acceptors (Lipinski definition) is 2. The Labute approximate surface area is 94.7 Å². The van der Waals surface area contributed by atoms with E-state index in [1.165, 1.54) is 29.7 Å². The molecule has 0 amide bonds. The van der Waals surface area contributed by atoms with Gasteiger partial charge in [-0.05, 0) is 25.3 Å². The Hall–Kier alpha value is -1.77. The molecule has 0 radical (unpaired) electrons. The lowest BCUT2D eigenvalue weighted by Crippen LogP contribution is -1.89. The van der Waals surface area contributed by atoms with Gasteiger partial charge in [-0.15, -0.1) is 0 Å². The summed E-state index contributed by atoms with van der Waals surface area (Å²) in [6.07, 6.45) is 2.50. The molecule has 0 saturated heterocycles.